The predicted molar refractivity (Wildman–Crippen MR) is 99.9 cm³/mol. The Hall–Kier alpha value is -1.79. The quantitative estimate of drug-likeness (QED) is 0.781. The lowest BCUT2D eigenvalue weighted by Gasteiger charge is -2.30. The van der Waals surface area contributed by atoms with Gasteiger partial charge in [0.25, 0.3) is 5.91 Å². The first-order valence-electron chi connectivity index (χ1n) is 7.79. The predicted octanol–water partition coefficient (Wildman–Crippen LogP) is 4.09. The molecule has 4 rings (SSSR count). The average Bonchev–Trinajstić information content (AvgIpc) is 2.59. The molecule has 6 heteroatoms. The van der Waals surface area contributed by atoms with Gasteiger partial charge in [-0.05, 0) is 54.8 Å². The van der Waals surface area contributed by atoms with E-state index in [0.717, 1.165) is 33.6 Å². The van der Waals surface area contributed by atoms with E-state index in [1.165, 1.54) is 17.3 Å². The highest BCUT2D eigenvalue weighted by Gasteiger charge is 2.25. The summed E-state index contributed by atoms with van der Waals surface area (Å²) in [4.78, 5) is 27.4. The Morgan fingerprint density at radius 2 is 2.08 bits per heavy atom. The summed E-state index contributed by atoms with van der Waals surface area (Å²) < 4.78 is 1.03. The van der Waals surface area contributed by atoms with Crippen LogP contribution in [0, 0.1) is 0 Å². The smallest absolute Gasteiger partial charge is 0.258 e. The van der Waals surface area contributed by atoms with E-state index in [-0.39, 0.29) is 11.8 Å². The largest absolute Gasteiger partial charge is 0.324 e. The van der Waals surface area contributed by atoms with Crippen molar-refractivity contribution in [3.05, 3.63) is 52.0 Å². The van der Waals surface area contributed by atoms with Gasteiger partial charge in [0.1, 0.15) is 0 Å². The van der Waals surface area contributed by atoms with Gasteiger partial charge in [-0.25, -0.2) is 0 Å². The first kappa shape index (κ1) is 15.7. The van der Waals surface area contributed by atoms with Crippen molar-refractivity contribution in [2.24, 2.45) is 0 Å². The van der Waals surface area contributed by atoms with Gasteiger partial charge < -0.3 is 10.2 Å². The SMILES string of the molecule is O=C1CSc2ccc(C(=O)N3CCCc4cc(Br)ccc43)cc2N1. The maximum Gasteiger partial charge on any atom is 0.258 e. The maximum absolute atomic E-state index is 13.0. The molecule has 2 aliphatic rings. The van der Waals surface area contributed by atoms with Gasteiger partial charge in [0.2, 0.25) is 5.91 Å². The Balaban J connectivity index is 1.68. The number of carbonyl (C=O) groups excluding carboxylic acids is 2. The number of nitrogens with zero attached hydrogens (tertiary/aromatic N) is 1. The van der Waals surface area contributed by atoms with Crippen LogP contribution in [0.1, 0.15) is 22.3 Å². The Morgan fingerprint density at radius 1 is 1.21 bits per heavy atom. The van der Waals surface area contributed by atoms with E-state index in [2.05, 4.69) is 27.3 Å². The Labute approximate surface area is 152 Å². The standard InChI is InChI=1S/C18H15BrN2O2S/c19-13-4-5-15-11(8-13)2-1-7-21(15)18(23)12-3-6-16-14(9-12)20-17(22)10-24-16/h3-6,8-9H,1-2,7,10H2,(H,20,22). The van der Waals surface area contributed by atoms with Crippen molar-refractivity contribution in [2.45, 2.75) is 17.7 Å². The van der Waals surface area contributed by atoms with Crippen molar-refractivity contribution >= 4 is 50.9 Å². The van der Waals surface area contributed by atoms with Crippen molar-refractivity contribution in [1.82, 2.24) is 0 Å². The van der Waals surface area contributed by atoms with Gasteiger partial charge in [0.05, 0.1) is 11.4 Å². The second kappa shape index (κ2) is 6.26. The topological polar surface area (TPSA) is 49.4 Å². The van der Waals surface area contributed by atoms with E-state index in [0.29, 0.717) is 17.9 Å². The molecular weight excluding hydrogens is 388 g/mol. The Bertz CT molecular complexity index is 853. The highest BCUT2D eigenvalue weighted by Crippen LogP contribution is 2.34. The maximum atomic E-state index is 13.0. The van der Waals surface area contributed by atoms with Crippen LogP contribution in [0.25, 0.3) is 0 Å². The van der Waals surface area contributed by atoms with Crippen LogP contribution in [0.5, 0.6) is 0 Å². The lowest BCUT2D eigenvalue weighted by molar-refractivity contribution is -0.113. The van der Waals surface area contributed by atoms with E-state index in [1.54, 1.807) is 6.07 Å². The molecule has 2 aromatic carbocycles. The summed E-state index contributed by atoms with van der Waals surface area (Å²) in [5, 5.41) is 2.85. The van der Waals surface area contributed by atoms with E-state index in [9.17, 15) is 9.59 Å². The highest BCUT2D eigenvalue weighted by atomic mass is 79.9. The summed E-state index contributed by atoms with van der Waals surface area (Å²) in [6, 6.07) is 11.6. The van der Waals surface area contributed by atoms with E-state index in [4.69, 9.17) is 0 Å². The fourth-order valence-corrected chi connectivity index (χ4v) is 4.35. The van der Waals surface area contributed by atoms with Gasteiger partial charge in [-0.3, -0.25) is 9.59 Å². The van der Waals surface area contributed by atoms with Crippen LogP contribution in [0.2, 0.25) is 0 Å². The Kier molecular flexibility index (Phi) is 4.10. The first-order valence-corrected chi connectivity index (χ1v) is 9.57. The number of hydrogen-bond acceptors (Lipinski definition) is 3. The van der Waals surface area contributed by atoms with Crippen molar-refractivity contribution in [1.29, 1.82) is 0 Å². The molecular formula is C18H15BrN2O2S. The summed E-state index contributed by atoms with van der Waals surface area (Å²) in [6.07, 6.45) is 1.93. The number of anilines is 2. The monoisotopic (exact) mass is 402 g/mol. The molecule has 0 radical (unpaired) electrons. The molecule has 2 aliphatic heterocycles. The van der Waals surface area contributed by atoms with Crippen LogP contribution in [0.3, 0.4) is 0 Å². The number of rotatable bonds is 1. The summed E-state index contributed by atoms with van der Waals surface area (Å²) in [7, 11) is 0. The molecule has 1 N–H and O–H groups in total. The second-order valence-electron chi connectivity index (χ2n) is 5.88. The van der Waals surface area contributed by atoms with Crippen LogP contribution < -0.4 is 10.2 Å². The first-order chi connectivity index (χ1) is 11.6. The molecule has 2 heterocycles. The van der Waals surface area contributed by atoms with Gasteiger partial charge in [-0.2, -0.15) is 0 Å². The van der Waals surface area contributed by atoms with E-state index in [1.807, 2.05) is 29.2 Å². The third-order valence-corrected chi connectivity index (χ3v) is 5.83. The summed E-state index contributed by atoms with van der Waals surface area (Å²) in [6.45, 7) is 0.714. The van der Waals surface area contributed by atoms with E-state index < -0.39 is 0 Å². The molecule has 0 fully saturated rings. The molecule has 122 valence electrons. The lowest BCUT2D eigenvalue weighted by atomic mass is 10.0. The minimum Gasteiger partial charge on any atom is -0.324 e. The third-order valence-electron chi connectivity index (χ3n) is 4.26. The number of thioether (sulfide) groups is 1. The molecule has 2 amide bonds. The van der Waals surface area contributed by atoms with Crippen molar-refractivity contribution in [3.63, 3.8) is 0 Å². The zero-order valence-electron chi connectivity index (χ0n) is 12.8. The Morgan fingerprint density at radius 3 is 2.96 bits per heavy atom. The third kappa shape index (κ3) is 2.84. The summed E-state index contributed by atoms with van der Waals surface area (Å²) >= 11 is 4.99. The zero-order chi connectivity index (χ0) is 16.7. The fraction of sp³-hybridized carbons (Fsp3) is 0.222. The van der Waals surface area contributed by atoms with Gasteiger partial charge in [0.15, 0.2) is 0 Å². The average molecular weight is 403 g/mol. The van der Waals surface area contributed by atoms with Gasteiger partial charge in [0, 0.05) is 27.2 Å². The van der Waals surface area contributed by atoms with E-state index >= 15 is 0 Å². The summed E-state index contributed by atoms with van der Waals surface area (Å²) in [5.41, 5.74) is 3.50. The number of halogens is 1. The number of nitrogens with one attached hydrogen (secondary N) is 1. The van der Waals surface area contributed by atoms with Gasteiger partial charge >= 0.3 is 0 Å². The molecule has 0 saturated carbocycles. The number of fused-ring (bicyclic) bond motifs is 2. The van der Waals surface area contributed by atoms with Crippen molar-refractivity contribution < 1.29 is 9.59 Å². The molecule has 0 saturated heterocycles. The lowest BCUT2D eigenvalue weighted by Crippen LogP contribution is -2.35. The van der Waals surface area contributed by atoms with Crippen molar-refractivity contribution in [3.8, 4) is 0 Å². The van der Waals surface area contributed by atoms with Crippen LogP contribution in [0.4, 0.5) is 11.4 Å². The summed E-state index contributed by atoms with van der Waals surface area (Å²) in [5.74, 6) is 0.380. The van der Waals surface area contributed by atoms with Crippen LogP contribution in [0.15, 0.2) is 45.8 Å². The zero-order valence-corrected chi connectivity index (χ0v) is 15.2. The van der Waals surface area contributed by atoms with Crippen LogP contribution in [-0.4, -0.2) is 24.1 Å². The molecule has 0 bridgehead atoms. The van der Waals surface area contributed by atoms with Gasteiger partial charge in [-0.1, -0.05) is 15.9 Å². The second-order valence-corrected chi connectivity index (χ2v) is 7.81. The number of benzene rings is 2. The normalized spacial score (nSPS) is 16.2. The molecule has 24 heavy (non-hydrogen) atoms. The molecule has 2 aromatic rings. The van der Waals surface area contributed by atoms with Crippen LogP contribution >= 0.6 is 27.7 Å². The number of hydrogen-bond donors (Lipinski definition) is 1. The number of aryl methyl sites for hydroxylation is 1. The highest BCUT2D eigenvalue weighted by molar-refractivity contribution is 9.10. The number of carbonyl (C=O) groups is 2. The number of amides is 2. The molecule has 0 aliphatic carbocycles. The molecule has 0 unspecified atom stereocenters. The van der Waals surface area contributed by atoms with Gasteiger partial charge in [-0.15, -0.1) is 11.8 Å². The molecule has 0 aromatic heterocycles. The van der Waals surface area contributed by atoms with Crippen LogP contribution in [-0.2, 0) is 11.2 Å². The molecule has 0 atom stereocenters. The molecule has 0 spiro atoms. The fourth-order valence-electron chi connectivity index (χ4n) is 3.15. The van der Waals surface area contributed by atoms with Crippen molar-refractivity contribution in [2.75, 3.05) is 22.5 Å². The molecule has 4 nitrogen and oxygen atoms in total. The minimum atomic E-state index is -0.0229. The minimum absolute atomic E-state index is 0.0223.